The van der Waals surface area contributed by atoms with Crippen molar-refractivity contribution in [3.8, 4) is 0 Å². The van der Waals surface area contributed by atoms with Gasteiger partial charge in [0.15, 0.2) is 0 Å². The number of aromatic nitrogens is 1. The third kappa shape index (κ3) is 3.43. The van der Waals surface area contributed by atoms with E-state index in [-0.39, 0.29) is 11.9 Å². The third-order valence-electron chi connectivity index (χ3n) is 5.11. The van der Waals surface area contributed by atoms with E-state index in [2.05, 4.69) is 40.3 Å². The van der Waals surface area contributed by atoms with Gasteiger partial charge in [-0.15, -0.1) is 0 Å². The first-order valence-corrected chi connectivity index (χ1v) is 9.32. The molecule has 1 aliphatic heterocycles. The zero-order valence-electron chi connectivity index (χ0n) is 15.6. The van der Waals surface area contributed by atoms with Crippen molar-refractivity contribution >= 4 is 17.4 Å². The Bertz CT molecular complexity index is 955. The molecular weight excluding hydrogens is 334 g/mol. The number of hydrogen-bond donors (Lipinski definition) is 1. The van der Waals surface area contributed by atoms with E-state index in [0.717, 1.165) is 17.8 Å². The minimum absolute atomic E-state index is 0.0539. The molecule has 2 unspecified atom stereocenters. The van der Waals surface area contributed by atoms with Crippen LogP contribution in [0, 0.1) is 0 Å². The molecule has 0 saturated carbocycles. The van der Waals surface area contributed by atoms with Crippen molar-refractivity contribution < 1.29 is 4.79 Å². The molecule has 1 N–H and O–H groups in total. The number of nitrogens with zero attached hydrogens (tertiary/aromatic N) is 2. The van der Waals surface area contributed by atoms with Crippen molar-refractivity contribution in [3.63, 3.8) is 0 Å². The molecule has 136 valence electrons. The molecule has 0 bridgehead atoms. The summed E-state index contributed by atoms with van der Waals surface area (Å²) in [5.74, 6) is 0.725. The smallest absolute Gasteiger partial charge is 0.251 e. The monoisotopic (exact) mass is 357 g/mol. The summed E-state index contributed by atoms with van der Waals surface area (Å²) < 4.78 is 0. The highest BCUT2D eigenvalue weighted by molar-refractivity contribution is 5.95. The highest BCUT2D eigenvalue weighted by Gasteiger charge is 2.28. The number of amides is 1. The fourth-order valence-corrected chi connectivity index (χ4v) is 3.71. The van der Waals surface area contributed by atoms with E-state index in [4.69, 9.17) is 0 Å². The lowest BCUT2D eigenvalue weighted by molar-refractivity contribution is 0.0940. The summed E-state index contributed by atoms with van der Waals surface area (Å²) in [5.41, 5.74) is 4.20. The molecule has 0 fully saturated rings. The van der Waals surface area contributed by atoms with Crippen molar-refractivity contribution in [1.82, 2.24) is 10.3 Å². The summed E-state index contributed by atoms with van der Waals surface area (Å²) in [7, 11) is 0. The number of pyridine rings is 1. The fraction of sp³-hybridized carbons (Fsp3) is 0.217. The van der Waals surface area contributed by atoms with Gasteiger partial charge < -0.3 is 10.2 Å². The number of nitrogens with one attached hydrogen (secondary N) is 1. The van der Waals surface area contributed by atoms with Crippen LogP contribution in [0.5, 0.6) is 0 Å². The maximum Gasteiger partial charge on any atom is 0.251 e. The van der Waals surface area contributed by atoms with E-state index >= 15 is 0 Å². The van der Waals surface area contributed by atoms with Crippen molar-refractivity contribution in [2.45, 2.75) is 32.4 Å². The standard InChI is InChI=1S/C23H23N3O/c1-16-14-19-10-6-7-11-21(19)26(16)22-15-20(12-13-24-22)23(27)25-17(2)18-8-4-3-5-9-18/h3-13,15-17H,14H2,1-2H3,(H,25,27). The second-order valence-corrected chi connectivity index (χ2v) is 7.06. The van der Waals surface area contributed by atoms with Crippen LogP contribution in [0.2, 0.25) is 0 Å². The molecule has 1 aliphatic rings. The van der Waals surface area contributed by atoms with Gasteiger partial charge in [0.1, 0.15) is 5.82 Å². The van der Waals surface area contributed by atoms with Crippen LogP contribution in [0.1, 0.15) is 41.4 Å². The number of anilines is 2. The molecule has 4 nitrogen and oxygen atoms in total. The predicted octanol–water partition coefficient (Wildman–Crippen LogP) is 4.66. The van der Waals surface area contributed by atoms with Crippen LogP contribution < -0.4 is 10.2 Å². The van der Waals surface area contributed by atoms with Crippen LogP contribution >= 0.6 is 0 Å². The number of hydrogen-bond acceptors (Lipinski definition) is 3. The molecule has 4 rings (SSSR count). The molecular formula is C23H23N3O. The van der Waals surface area contributed by atoms with Gasteiger partial charge in [-0.1, -0.05) is 48.5 Å². The van der Waals surface area contributed by atoms with Crippen molar-refractivity contribution in [2.24, 2.45) is 0 Å². The SMILES string of the molecule is CC(NC(=O)c1ccnc(N2c3ccccc3CC2C)c1)c1ccccc1. The molecule has 0 saturated heterocycles. The Kier molecular flexibility index (Phi) is 4.63. The molecule has 3 aromatic rings. The van der Waals surface area contributed by atoms with Crippen molar-refractivity contribution in [2.75, 3.05) is 4.90 Å². The molecule has 0 spiro atoms. The largest absolute Gasteiger partial charge is 0.346 e. The number of fused-ring (bicyclic) bond motifs is 1. The lowest BCUT2D eigenvalue weighted by atomic mass is 10.1. The van der Waals surface area contributed by atoms with E-state index in [1.54, 1.807) is 12.3 Å². The van der Waals surface area contributed by atoms with Gasteiger partial charge in [0, 0.05) is 23.5 Å². The maximum atomic E-state index is 12.8. The summed E-state index contributed by atoms with van der Waals surface area (Å²) in [6.07, 6.45) is 2.70. The summed E-state index contributed by atoms with van der Waals surface area (Å²) in [4.78, 5) is 19.5. The Morgan fingerprint density at radius 1 is 1.11 bits per heavy atom. The zero-order chi connectivity index (χ0) is 18.8. The third-order valence-corrected chi connectivity index (χ3v) is 5.11. The van der Waals surface area contributed by atoms with E-state index in [1.807, 2.05) is 49.4 Å². The van der Waals surface area contributed by atoms with Crippen LogP contribution in [0.25, 0.3) is 0 Å². The Balaban J connectivity index is 1.57. The lowest BCUT2D eigenvalue weighted by Crippen LogP contribution is -2.28. The second kappa shape index (κ2) is 7.23. The average molecular weight is 357 g/mol. The van der Waals surface area contributed by atoms with Crippen LogP contribution in [-0.2, 0) is 6.42 Å². The highest BCUT2D eigenvalue weighted by Crippen LogP contribution is 2.37. The molecule has 2 atom stereocenters. The molecule has 27 heavy (non-hydrogen) atoms. The number of carbonyl (C=O) groups excluding carboxylic acids is 1. The minimum Gasteiger partial charge on any atom is -0.346 e. The summed E-state index contributed by atoms with van der Waals surface area (Å²) in [6, 6.07) is 22.3. The minimum atomic E-state index is -0.0878. The molecule has 1 amide bonds. The number of carbonyl (C=O) groups is 1. The Morgan fingerprint density at radius 3 is 2.67 bits per heavy atom. The second-order valence-electron chi connectivity index (χ2n) is 7.06. The quantitative estimate of drug-likeness (QED) is 0.739. The first kappa shape index (κ1) is 17.3. The molecule has 2 aromatic carbocycles. The van der Waals surface area contributed by atoms with Crippen LogP contribution in [-0.4, -0.2) is 16.9 Å². The summed E-state index contributed by atoms with van der Waals surface area (Å²) >= 11 is 0. The Labute approximate surface area is 159 Å². The van der Waals surface area contributed by atoms with Gasteiger partial charge in [-0.3, -0.25) is 4.79 Å². The summed E-state index contributed by atoms with van der Waals surface area (Å²) in [5, 5.41) is 3.08. The lowest BCUT2D eigenvalue weighted by Gasteiger charge is -2.24. The first-order chi connectivity index (χ1) is 13.1. The van der Waals surface area contributed by atoms with E-state index in [0.29, 0.717) is 11.6 Å². The van der Waals surface area contributed by atoms with Gasteiger partial charge in [0.2, 0.25) is 0 Å². The Hall–Kier alpha value is -3.14. The van der Waals surface area contributed by atoms with Crippen molar-refractivity contribution in [3.05, 3.63) is 89.6 Å². The molecule has 0 radical (unpaired) electrons. The molecule has 2 heterocycles. The average Bonchev–Trinajstić information content (AvgIpc) is 3.04. The normalized spacial score (nSPS) is 16.7. The number of benzene rings is 2. The van der Waals surface area contributed by atoms with Gasteiger partial charge >= 0.3 is 0 Å². The zero-order valence-corrected chi connectivity index (χ0v) is 15.6. The molecule has 4 heteroatoms. The van der Waals surface area contributed by atoms with Gasteiger partial charge in [0.05, 0.1) is 6.04 Å². The van der Waals surface area contributed by atoms with E-state index in [9.17, 15) is 4.79 Å². The van der Waals surface area contributed by atoms with Crippen molar-refractivity contribution in [1.29, 1.82) is 0 Å². The molecule has 1 aromatic heterocycles. The maximum absolute atomic E-state index is 12.8. The number of para-hydroxylation sites is 1. The van der Waals surface area contributed by atoms with Gasteiger partial charge in [-0.05, 0) is 49.6 Å². The van der Waals surface area contributed by atoms with Gasteiger partial charge in [0.25, 0.3) is 5.91 Å². The van der Waals surface area contributed by atoms with Crippen LogP contribution in [0.3, 0.4) is 0 Å². The van der Waals surface area contributed by atoms with Crippen LogP contribution in [0.4, 0.5) is 11.5 Å². The van der Waals surface area contributed by atoms with E-state index < -0.39 is 0 Å². The number of rotatable bonds is 4. The highest BCUT2D eigenvalue weighted by atomic mass is 16.1. The Morgan fingerprint density at radius 2 is 1.85 bits per heavy atom. The topological polar surface area (TPSA) is 45.2 Å². The van der Waals surface area contributed by atoms with E-state index in [1.165, 1.54) is 11.3 Å². The molecule has 0 aliphatic carbocycles. The van der Waals surface area contributed by atoms with Gasteiger partial charge in [-0.2, -0.15) is 0 Å². The summed E-state index contributed by atoms with van der Waals surface area (Å²) in [6.45, 7) is 4.18. The predicted molar refractivity (Wildman–Crippen MR) is 108 cm³/mol. The van der Waals surface area contributed by atoms with Crippen LogP contribution in [0.15, 0.2) is 72.9 Å². The first-order valence-electron chi connectivity index (χ1n) is 9.32. The fourth-order valence-electron chi connectivity index (χ4n) is 3.71. The van der Waals surface area contributed by atoms with Gasteiger partial charge in [-0.25, -0.2) is 4.98 Å².